The highest BCUT2D eigenvalue weighted by Gasteiger charge is 2.39. The van der Waals surface area contributed by atoms with Gasteiger partial charge < -0.3 is 30.1 Å². The molecule has 3 amide bonds. The molecule has 1 heterocycles. The summed E-state index contributed by atoms with van der Waals surface area (Å²) < 4.78 is 11.5. The highest BCUT2D eigenvalue weighted by Crippen LogP contribution is 2.31. The van der Waals surface area contributed by atoms with Crippen molar-refractivity contribution in [3.8, 4) is 5.75 Å². The van der Waals surface area contributed by atoms with Crippen LogP contribution >= 0.6 is 0 Å². The zero-order valence-electron chi connectivity index (χ0n) is 26.4. The lowest BCUT2D eigenvalue weighted by Gasteiger charge is -2.39. The van der Waals surface area contributed by atoms with Crippen LogP contribution < -0.4 is 15.4 Å². The molecule has 9 nitrogen and oxygen atoms in total. The summed E-state index contributed by atoms with van der Waals surface area (Å²) >= 11 is 0. The van der Waals surface area contributed by atoms with Crippen LogP contribution in [0.4, 0.5) is 4.79 Å². The van der Waals surface area contributed by atoms with Gasteiger partial charge in [0, 0.05) is 32.5 Å². The number of aliphatic hydroxyl groups excluding tert-OH is 1. The number of carbonyl (C=O) groups is 3. The van der Waals surface area contributed by atoms with Crippen LogP contribution in [0.5, 0.6) is 5.75 Å². The van der Waals surface area contributed by atoms with E-state index in [1.165, 1.54) is 0 Å². The second-order valence-corrected chi connectivity index (χ2v) is 13.3. The molecule has 1 aliphatic carbocycles. The molecule has 2 aromatic rings. The van der Waals surface area contributed by atoms with E-state index in [2.05, 4.69) is 10.6 Å². The van der Waals surface area contributed by atoms with Crippen molar-refractivity contribution in [1.82, 2.24) is 15.5 Å². The molecule has 2 aliphatic rings. The van der Waals surface area contributed by atoms with E-state index >= 15 is 0 Å². The van der Waals surface area contributed by atoms with Crippen LogP contribution in [-0.4, -0.2) is 59.7 Å². The molecule has 9 heteroatoms. The Balaban J connectivity index is 1.33. The third-order valence-corrected chi connectivity index (χ3v) is 8.73. The predicted octanol–water partition coefficient (Wildman–Crippen LogP) is 5.20. The number of aliphatic hydroxyl groups is 1. The fourth-order valence-electron chi connectivity index (χ4n) is 6.06. The highest BCUT2D eigenvalue weighted by atomic mass is 16.5. The van der Waals surface area contributed by atoms with Gasteiger partial charge in [0.2, 0.25) is 11.8 Å². The summed E-state index contributed by atoms with van der Waals surface area (Å²) in [5.41, 5.74) is 1.22. The van der Waals surface area contributed by atoms with E-state index in [-0.39, 0.29) is 37.7 Å². The highest BCUT2D eigenvalue weighted by molar-refractivity contribution is 5.89. The molecule has 4 rings (SSSR count). The Bertz CT molecular complexity index is 1200. The molecule has 0 spiro atoms. The molecule has 1 saturated carbocycles. The number of likely N-dealkylation sites (tertiary alicyclic amines) is 1. The van der Waals surface area contributed by atoms with Gasteiger partial charge in [-0.2, -0.15) is 0 Å². The third-order valence-electron chi connectivity index (χ3n) is 8.73. The second kappa shape index (κ2) is 15.9. The summed E-state index contributed by atoms with van der Waals surface area (Å²) in [7, 11) is 0. The first-order valence-electron chi connectivity index (χ1n) is 16.0. The summed E-state index contributed by atoms with van der Waals surface area (Å²) in [5.74, 6) is 0.411. The van der Waals surface area contributed by atoms with Gasteiger partial charge in [-0.1, -0.05) is 88.9 Å². The van der Waals surface area contributed by atoms with E-state index < -0.39 is 23.5 Å². The molecule has 240 valence electrons. The van der Waals surface area contributed by atoms with Crippen molar-refractivity contribution >= 4 is 17.9 Å². The Morgan fingerprint density at radius 1 is 0.932 bits per heavy atom. The summed E-state index contributed by atoms with van der Waals surface area (Å²) in [6.07, 6.45) is 5.94. The van der Waals surface area contributed by atoms with E-state index in [9.17, 15) is 19.5 Å². The lowest BCUT2D eigenvalue weighted by atomic mass is 9.84. The molecule has 0 aromatic heterocycles. The molecular weight excluding hydrogens is 558 g/mol. The van der Waals surface area contributed by atoms with E-state index in [0.717, 1.165) is 42.6 Å². The minimum atomic E-state index is -0.699. The molecule has 2 atom stereocenters. The van der Waals surface area contributed by atoms with Crippen molar-refractivity contribution in [2.75, 3.05) is 19.6 Å². The van der Waals surface area contributed by atoms with Crippen LogP contribution in [0.2, 0.25) is 0 Å². The van der Waals surface area contributed by atoms with E-state index in [1.54, 1.807) is 0 Å². The number of rotatable bonds is 12. The second-order valence-electron chi connectivity index (χ2n) is 13.3. The van der Waals surface area contributed by atoms with Crippen LogP contribution in [0.25, 0.3) is 0 Å². The van der Waals surface area contributed by atoms with Crippen LogP contribution in [-0.2, 0) is 27.5 Å². The normalized spacial score (nSPS) is 17.5. The van der Waals surface area contributed by atoms with Crippen molar-refractivity contribution in [3.05, 3.63) is 65.7 Å². The number of amides is 3. The summed E-state index contributed by atoms with van der Waals surface area (Å²) in [6.45, 7) is 7.29. The van der Waals surface area contributed by atoms with Crippen molar-refractivity contribution in [1.29, 1.82) is 0 Å². The number of hydrogen-bond acceptors (Lipinski definition) is 6. The largest absolute Gasteiger partial charge is 0.490 e. The first-order chi connectivity index (χ1) is 21.1. The van der Waals surface area contributed by atoms with Crippen LogP contribution in [0, 0.1) is 17.3 Å². The standard InChI is InChI=1S/C35H49N3O6/c1-35(2,3)31(33(41)38-19-17-30(18-20-38)44-29-15-13-26(23-39)14-16-29)37-32(40)28(21-25-9-7-8-10-25)22-36-34(42)43-24-27-11-5-4-6-12-27/h4-6,11-16,25,28,30-31,39H,7-10,17-24H2,1-3H3,(H,36,42)(H,37,40)/t28-,31-/m1/s1. The van der Waals surface area contributed by atoms with Gasteiger partial charge in [-0.3, -0.25) is 9.59 Å². The fraction of sp³-hybridized carbons (Fsp3) is 0.571. The molecule has 1 aliphatic heterocycles. The summed E-state index contributed by atoms with van der Waals surface area (Å²) in [4.78, 5) is 41.9. The Labute approximate surface area is 261 Å². The first-order valence-corrected chi connectivity index (χ1v) is 16.0. The Morgan fingerprint density at radius 3 is 2.20 bits per heavy atom. The maximum Gasteiger partial charge on any atom is 0.407 e. The lowest BCUT2D eigenvalue weighted by molar-refractivity contribution is -0.142. The van der Waals surface area contributed by atoms with Crippen LogP contribution in [0.3, 0.4) is 0 Å². The van der Waals surface area contributed by atoms with Gasteiger partial charge in [0.05, 0.1) is 12.5 Å². The number of piperidine rings is 1. The number of benzene rings is 2. The van der Waals surface area contributed by atoms with Gasteiger partial charge in [0.25, 0.3) is 0 Å². The first kappa shape index (κ1) is 33.3. The van der Waals surface area contributed by atoms with Crippen LogP contribution in [0.15, 0.2) is 54.6 Å². The van der Waals surface area contributed by atoms with Gasteiger partial charge in [-0.05, 0) is 41.0 Å². The van der Waals surface area contributed by atoms with Crippen molar-refractivity contribution in [2.24, 2.45) is 17.3 Å². The summed E-state index contributed by atoms with van der Waals surface area (Å²) in [5, 5.41) is 15.2. The predicted molar refractivity (Wildman–Crippen MR) is 169 cm³/mol. The van der Waals surface area contributed by atoms with E-state index in [4.69, 9.17) is 9.47 Å². The van der Waals surface area contributed by atoms with Gasteiger partial charge in [-0.25, -0.2) is 4.79 Å². The minimum absolute atomic E-state index is 0.00853. The van der Waals surface area contributed by atoms with Gasteiger partial charge in [-0.15, -0.1) is 0 Å². The Morgan fingerprint density at radius 2 is 1.59 bits per heavy atom. The van der Waals surface area contributed by atoms with Gasteiger partial charge in [0.15, 0.2) is 0 Å². The molecule has 44 heavy (non-hydrogen) atoms. The number of nitrogens with zero attached hydrogens (tertiary/aromatic N) is 1. The quantitative estimate of drug-likeness (QED) is 0.305. The lowest BCUT2D eigenvalue weighted by Crippen LogP contribution is -2.58. The molecule has 0 radical (unpaired) electrons. The molecular formula is C35H49N3O6. The number of carbonyl (C=O) groups excluding carboxylic acids is 3. The van der Waals surface area contributed by atoms with Gasteiger partial charge in [0.1, 0.15) is 24.5 Å². The molecule has 1 saturated heterocycles. The molecule has 0 bridgehead atoms. The maximum absolute atomic E-state index is 13.8. The average molecular weight is 608 g/mol. The van der Waals surface area contributed by atoms with E-state index in [0.29, 0.717) is 38.3 Å². The number of ether oxygens (including phenoxy) is 2. The zero-order chi connectivity index (χ0) is 31.5. The molecule has 0 unspecified atom stereocenters. The van der Waals surface area contributed by atoms with Gasteiger partial charge >= 0.3 is 6.09 Å². The van der Waals surface area contributed by atoms with Crippen LogP contribution in [0.1, 0.15) is 76.8 Å². The third kappa shape index (κ3) is 9.97. The Hall–Kier alpha value is -3.59. The molecule has 2 fully saturated rings. The SMILES string of the molecule is CC(C)(C)[C@H](NC(=O)[C@@H](CNC(=O)OCc1ccccc1)CC1CCCC1)C(=O)N1CCC(Oc2ccc(CO)cc2)CC1. The number of alkyl carbamates (subject to hydrolysis) is 1. The topological polar surface area (TPSA) is 117 Å². The van der Waals surface area contributed by atoms with Crippen molar-refractivity contribution < 1.29 is 29.0 Å². The monoisotopic (exact) mass is 607 g/mol. The maximum atomic E-state index is 13.8. The fourth-order valence-corrected chi connectivity index (χ4v) is 6.06. The minimum Gasteiger partial charge on any atom is -0.490 e. The Kier molecular flexibility index (Phi) is 12.1. The smallest absolute Gasteiger partial charge is 0.407 e. The van der Waals surface area contributed by atoms with E-state index in [1.807, 2.05) is 80.3 Å². The van der Waals surface area contributed by atoms with Crippen molar-refractivity contribution in [2.45, 2.75) is 91.1 Å². The summed E-state index contributed by atoms with van der Waals surface area (Å²) in [6, 6.07) is 16.2. The number of nitrogens with one attached hydrogen (secondary N) is 2. The molecule has 3 N–H and O–H groups in total. The average Bonchev–Trinajstić information content (AvgIpc) is 3.54. The zero-order valence-corrected chi connectivity index (χ0v) is 26.4. The number of hydrogen-bond donors (Lipinski definition) is 3. The molecule has 2 aromatic carbocycles. The van der Waals surface area contributed by atoms with Crippen molar-refractivity contribution in [3.63, 3.8) is 0 Å².